The third-order valence-corrected chi connectivity index (χ3v) is 5.99. The lowest BCUT2D eigenvalue weighted by Crippen LogP contribution is -2.34. The highest BCUT2D eigenvalue weighted by molar-refractivity contribution is 9.10. The average molecular weight is 403 g/mol. The number of halogens is 1. The van der Waals surface area contributed by atoms with E-state index in [1.165, 1.54) is 18.4 Å². The first-order chi connectivity index (χ1) is 12.2. The van der Waals surface area contributed by atoms with Gasteiger partial charge in [0, 0.05) is 21.5 Å². The molecule has 0 bridgehead atoms. The van der Waals surface area contributed by atoms with Gasteiger partial charge in [-0.15, -0.1) is 0 Å². The summed E-state index contributed by atoms with van der Waals surface area (Å²) in [5.74, 6) is 2.23. The molecule has 4 rings (SSSR count). The first kappa shape index (κ1) is 16.9. The Labute approximate surface area is 157 Å². The molecule has 25 heavy (non-hydrogen) atoms. The molecule has 132 valence electrons. The van der Waals surface area contributed by atoms with Gasteiger partial charge in [0.1, 0.15) is 17.6 Å². The topological polar surface area (TPSA) is 27.7 Å². The lowest BCUT2D eigenvalue weighted by atomic mass is 9.75. The van der Waals surface area contributed by atoms with Crippen molar-refractivity contribution in [3.05, 3.63) is 57.6 Å². The summed E-state index contributed by atoms with van der Waals surface area (Å²) in [5, 5.41) is 0. The van der Waals surface area contributed by atoms with E-state index in [0.717, 1.165) is 39.9 Å². The van der Waals surface area contributed by atoms with Crippen molar-refractivity contribution in [1.29, 1.82) is 0 Å². The Kier molecular flexibility index (Phi) is 4.74. The first-order valence-electron chi connectivity index (χ1n) is 8.88. The van der Waals surface area contributed by atoms with Crippen LogP contribution in [0.25, 0.3) is 0 Å². The minimum atomic E-state index is -0.118. The van der Waals surface area contributed by atoms with Crippen LogP contribution in [-0.2, 0) is 4.74 Å². The fourth-order valence-electron chi connectivity index (χ4n) is 4.32. The van der Waals surface area contributed by atoms with Crippen molar-refractivity contribution in [2.75, 3.05) is 14.2 Å². The molecule has 0 N–H and O–H groups in total. The normalized spacial score (nSPS) is 25.0. The minimum absolute atomic E-state index is 0.118. The van der Waals surface area contributed by atoms with Gasteiger partial charge in [-0.1, -0.05) is 40.9 Å². The number of benzene rings is 2. The van der Waals surface area contributed by atoms with Crippen LogP contribution in [0.5, 0.6) is 11.5 Å². The van der Waals surface area contributed by atoms with Crippen LogP contribution >= 0.6 is 15.9 Å². The van der Waals surface area contributed by atoms with Gasteiger partial charge in [-0.05, 0) is 42.7 Å². The standard InChI is InChI=1S/C21H23BrO3/c1-23-17-11-12-18(24-2)20-19(17)15-5-3-4-6-16(15)25-21(20)13-7-9-14(22)10-8-13/h7-12,15-16,21H,3-6H2,1-2H3/t15-,16+,21+/m1/s1. The molecule has 1 fully saturated rings. The summed E-state index contributed by atoms with van der Waals surface area (Å²) < 4.78 is 19.2. The van der Waals surface area contributed by atoms with Gasteiger partial charge in [0.2, 0.25) is 0 Å². The number of hydrogen-bond donors (Lipinski definition) is 0. The van der Waals surface area contributed by atoms with Crippen LogP contribution in [0.1, 0.15) is 54.4 Å². The molecule has 2 aliphatic rings. The molecule has 1 heterocycles. The van der Waals surface area contributed by atoms with Gasteiger partial charge in [-0.3, -0.25) is 0 Å². The molecule has 0 saturated heterocycles. The van der Waals surface area contributed by atoms with Crippen molar-refractivity contribution < 1.29 is 14.2 Å². The second-order valence-corrected chi connectivity index (χ2v) is 7.71. The molecule has 0 spiro atoms. The molecule has 0 aromatic heterocycles. The molecule has 1 aliphatic heterocycles. The summed E-state index contributed by atoms with van der Waals surface area (Å²) in [6, 6.07) is 12.4. The zero-order chi connectivity index (χ0) is 17.4. The summed E-state index contributed by atoms with van der Waals surface area (Å²) in [6.45, 7) is 0. The second kappa shape index (κ2) is 7.00. The Hall–Kier alpha value is -1.52. The Balaban J connectivity index is 1.91. The van der Waals surface area contributed by atoms with Crippen LogP contribution in [0.3, 0.4) is 0 Å². The summed E-state index contributed by atoms with van der Waals surface area (Å²) in [7, 11) is 3.48. The van der Waals surface area contributed by atoms with Gasteiger partial charge in [0.15, 0.2) is 0 Å². The largest absolute Gasteiger partial charge is 0.496 e. The summed E-state index contributed by atoms with van der Waals surface area (Å²) >= 11 is 3.52. The lowest BCUT2D eigenvalue weighted by Gasteiger charge is -2.42. The van der Waals surface area contributed by atoms with Gasteiger partial charge in [0.05, 0.1) is 20.3 Å². The van der Waals surface area contributed by atoms with Gasteiger partial charge in [-0.2, -0.15) is 0 Å². The van der Waals surface area contributed by atoms with Crippen LogP contribution in [0.2, 0.25) is 0 Å². The minimum Gasteiger partial charge on any atom is -0.496 e. The van der Waals surface area contributed by atoms with Gasteiger partial charge in [0.25, 0.3) is 0 Å². The van der Waals surface area contributed by atoms with E-state index in [0.29, 0.717) is 5.92 Å². The molecule has 0 radical (unpaired) electrons. The van der Waals surface area contributed by atoms with Gasteiger partial charge in [-0.25, -0.2) is 0 Å². The smallest absolute Gasteiger partial charge is 0.125 e. The fraction of sp³-hybridized carbons (Fsp3) is 0.429. The third kappa shape index (κ3) is 2.96. The van der Waals surface area contributed by atoms with Crippen molar-refractivity contribution >= 4 is 15.9 Å². The van der Waals surface area contributed by atoms with Crippen molar-refractivity contribution in [3.8, 4) is 11.5 Å². The zero-order valence-electron chi connectivity index (χ0n) is 14.6. The van der Waals surface area contributed by atoms with Crippen LogP contribution in [-0.4, -0.2) is 20.3 Å². The Bertz CT molecular complexity index is 756. The van der Waals surface area contributed by atoms with Crippen molar-refractivity contribution in [2.45, 2.75) is 43.8 Å². The number of rotatable bonds is 3. The van der Waals surface area contributed by atoms with E-state index in [1.807, 2.05) is 12.1 Å². The zero-order valence-corrected chi connectivity index (χ0v) is 16.2. The molecule has 2 aromatic carbocycles. The molecule has 1 aliphatic carbocycles. The maximum atomic E-state index is 6.63. The predicted octanol–water partition coefficient (Wildman–Crippen LogP) is 5.61. The van der Waals surface area contributed by atoms with Crippen molar-refractivity contribution in [3.63, 3.8) is 0 Å². The SMILES string of the molecule is COc1ccc(OC)c2c1[C@H](c1ccc(Br)cc1)O[C@H]1CCCC[C@@H]21. The molecule has 1 saturated carbocycles. The fourth-order valence-corrected chi connectivity index (χ4v) is 4.59. The summed E-state index contributed by atoms with van der Waals surface area (Å²) in [5.41, 5.74) is 3.57. The third-order valence-electron chi connectivity index (χ3n) is 5.47. The number of methoxy groups -OCH3 is 2. The highest BCUT2D eigenvalue weighted by Gasteiger charge is 2.41. The molecule has 3 nitrogen and oxygen atoms in total. The average Bonchev–Trinajstić information content (AvgIpc) is 2.67. The lowest BCUT2D eigenvalue weighted by molar-refractivity contribution is -0.0406. The van der Waals surface area contributed by atoms with E-state index in [4.69, 9.17) is 14.2 Å². The van der Waals surface area contributed by atoms with Crippen LogP contribution in [0.15, 0.2) is 40.9 Å². The molecule has 0 amide bonds. The predicted molar refractivity (Wildman–Crippen MR) is 102 cm³/mol. The molecule has 3 atom stereocenters. The van der Waals surface area contributed by atoms with Crippen LogP contribution in [0.4, 0.5) is 0 Å². The van der Waals surface area contributed by atoms with E-state index in [-0.39, 0.29) is 12.2 Å². The molecule has 2 aromatic rings. The second-order valence-electron chi connectivity index (χ2n) is 6.79. The molecular weight excluding hydrogens is 380 g/mol. The van der Waals surface area contributed by atoms with E-state index in [9.17, 15) is 0 Å². The van der Waals surface area contributed by atoms with Crippen LogP contribution < -0.4 is 9.47 Å². The van der Waals surface area contributed by atoms with E-state index in [1.54, 1.807) is 14.2 Å². The number of hydrogen-bond acceptors (Lipinski definition) is 3. The molecular formula is C21H23BrO3. The molecule has 4 heteroatoms. The molecule has 0 unspecified atom stereocenters. The highest BCUT2D eigenvalue weighted by atomic mass is 79.9. The van der Waals surface area contributed by atoms with Crippen molar-refractivity contribution in [2.24, 2.45) is 0 Å². The van der Waals surface area contributed by atoms with E-state index in [2.05, 4.69) is 40.2 Å². The van der Waals surface area contributed by atoms with Crippen LogP contribution in [0, 0.1) is 0 Å². The van der Waals surface area contributed by atoms with Crippen molar-refractivity contribution in [1.82, 2.24) is 0 Å². The van der Waals surface area contributed by atoms with Gasteiger partial charge >= 0.3 is 0 Å². The summed E-state index contributed by atoms with van der Waals surface area (Å²) in [4.78, 5) is 0. The Morgan fingerprint density at radius 3 is 2.20 bits per heavy atom. The quantitative estimate of drug-likeness (QED) is 0.667. The van der Waals surface area contributed by atoms with Gasteiger partial charge < -0.3 is 14.2 Å². The maximum absolute atomic E-state index is 6.63. The van der Waals surface area contributed by atoms with E-state index < -0.39 is 0 Å². The summed E-state index contributed by atoms with van der Waals surface area (Å²) in [6.07, 6.45) is 4.86. The highest BCUT2D eigenvalue weighted by Crippen LogP contribution is 2.52. The maximum Gasteiger partial charge on any atom is 0.125 e. The Morgan fingerprint density at radius 2 is 1.52 bits per heavy atom. The Morgan fingerprint density at radius 1 is 0.880 bits per heavy atom. The number of ether oxygens (including phenoxy) is 3. The first-order valence-corrected chi connectivity index (χ1v) is 9.68. The monoisotopic (exact) mass is 402 g/mol. The number of fused-ring (bicyclic) bond motifs is 3. The van der Waals surface area contributed by atoms with E-state index >= 15 is 0 Å².